The van der Waals surface area contributed by atoms with Crippen LogP contribution in [0.3, 0.4) is 0 Å². The molecule has 2 aromatic rings. The van der Waals surface area contributed by atoms with Crippen molar-refractivity contribution in [2.75, 3.05) is 50.2 Å². The average molecular weight is 426 g/mol. The van der Waals surface area contributed by atoms with E-state index in [1.807, 2.05) is 44.4 Å². The van der Waals surface area contributed by atoms with Crippen molar-refractivity contribution in [1.82, 2.24) is 10.2 Å². The Morgan fingerprint density at radius 1 is 1.13 bits per heavy atom. The van der Waals surface area contributed by atoms with Crippen LogP contribution < -0.4 is 21.1 Å². The molecule has 1 atom stereocenters. The third-order valence-corrected chi connectivity index (χ3v) is 5.23. The van der Waals surface area contributed by atoms with Crippen LogP contribution in [0.15, 0.2) is 54.6 Å². The molecule has 1 saturated heterocycles. The number of hydrogen-bond acceptors (Lipinski definition) is 6. The van der Waals surface area contributed by atoms with Gasteiger partial charge in [0.25, 0.3) is 5.91 Å². The predicted molar refractivity (Wildman–Crippen MR) is 122 cm³/mol. The Kier molecular flexibility index (Phi) is 7.86. The molecular weight excluding hydrogens is 394 g/mol. The summed E-state index contributed by atoms with van der Waals surface area (Å²) in [6, 6.07) is 16.5. The lowest BCUT2D eigenvalue weighted by Gasteiger charge is -2.20. The van der Waals surface area contributed by atoms with E-state index in [0.717, 1.165) is 36.6 Å². The number of anilines is 2. The van der Waals surface area contributed by atoms with Crippen molar-refractivity contribution in [3.8, 4) is 0 Å². The van der Waals surface area contributed by atoms with Crippen molar-refractivity contribution in [3.63, 3.8) is 0 Å². The van der Waals surface area contributed by atoms with Gasteiger partial charge in [0.2, 0.25) is 0 Å². The van der Waals surface area contributed by atoms with Gasteiger partial charge in [0.15, 0.2) is 0 Å². The monoisotopic (exact) mass is 425 g/mol. The van der Waals surface area contributed by atoms with E-state index >= 15 is 0 Å². The quantitative estimate of drug-likeness (QED) is 0.292. The van der Waals surface area contributed by atoms with E-state index in [1.165, 1.54) is 0 Å². The van der Waals surface area contributed by atoms with Crippen LogP contribution in [0.2, 0.25) is 0 Å². The molecule has 8 nitrogen and oxygen atoms in total. The lowest BCUT2D eigenvalue weighted by atomic mass is 10.1. The number of para-hydroxylation sites is 1. The van der Waals surface area contributed by atoms with Crippen molar-refractivity contribution in [2.45, 2.75) is 18.9 Å². The van der Waals surface area contributed by atoms with Gasteiger partial charge >= 0.3 is 6.09 Å². The standard InChI is InChI=1S/C23H31N5O3/c1-26(2)14-6-16-31-23(30)25-19-13-15-27(17-19)20-11-9-18(10-12-20)22(29)28(24)21-7-4-3-5-8-21/h3-5,7-12,19H,6,13-17,24H2,1-2H3,(H,25,30). The Morgan fingerprint density at radius 3 is 2.52 bits per heavy atom. The minimum Gasteiger partial charge on any atom is -0.450 e. The predicted octanol–water partition coefficient (Wildman–Crippen LogP) is 2.46. The number of carbonyl (C=O) groups is 2. The van der Waals surface area contributed by atoms with Gasteiger partial charge < -0.3 is 19.9 Å². The van der Waals surface area contributed by atoms with Gasteiger partial charge in [-0.05, 0) is 63.3 Å². The molecule has 1 unspecified atom stereocenters. The second kappa shape index (κ2) is 10.8. The summed E-state index contributed by atoms with van der Waals surface area (Å²) in [6.07, 6.45) is 1.29. The van der Waals surface area contributed by atoms with E-state index in [4.69, 9.17) is 10.6 Å². The molecule has 2 aromatic carbocycles. The van der Waals surface area contributed by atoms with Gasteiger partial charge in [0.05, 0.1) is 18.3 Å². The highest BCUT2D eigenvalue weighted by molar-refractivity contribution is 6.05. The molecule has 0 spiro atoms. The van der Waals surface area contributed by atoms with Crippen molar-refractivity contribution in [2.24, 2.45) is 5.84 Å². The summed E-state index contributed by atoms with van der Waals surface area (Å²) in [7, 11) is 3.98. The first-order valence-corrected chi connectivity index (χ1v) is 10.5. The van der Waals surface area contributed by atoms with Crippen molar-refractivity contribution >= 4 is 23.4 Å². The first kappa shape index (κ1) is 22.6. The first-order chi connectivity index (χ1) is 14.9. The minimum absolute atomic E-state index is 0.0419. The molecule has 1 fully saturated rings. The van der Waals surface area contributed by atoms with Crippen LogP contribution in [-0.4, -0.2) is 63.3 Å². The lowest BCUT2D eigenvalue weighted by molar-refractivity contribution is 0.0986. The maximum absolute atomic E-state index is 12.6. The fraction of sp³-hybridized carbons (Fsp3) is 0.391. The number of amides is 2. The van der Waals surface area contributed by atoms with Crippen molar-refractivity contribution in [1.29, 1.82) is 0 Å². The minimum atomic E-state index is -0.365. The zero-order valence-corrected chi connectivity index (χ0v) is 18.2. The maximum Gasteiger partial charge on any atom is 0.407 e. The Labute approximate surface area is 183 Å². The summed E-state index contributed by atoms with van der Waals surface area (Å²) in [5.74, 6) is 5.70. The van der Waals surface area contributed by atoms with Crippen LogP contribution in [0.25, 0.3) is 0 Å². The number of ether oxygens (including phenoxy) is 1. The zero-order valence-electron chi connectivity index (χ0n) is 18.2. The summed E-state index contributed by atoms with van der Waals surface area (Å²) >= 11 is 0. The number of carbonyl (C=O) groups excluding carboxylic acids is 2. The van der Waals surface area contributed by atoms with E-state index in [0.29, 0.717) is 24.4 Å². The van der Waals surface area contributed by atoms with E-state index in [9.17, 15) is 9.59 Å². The topological polar surface area (TPSA) is 91.1 Å². The summed E-state index contributed by atoms with van der Waals surface area (Å²) in [5, 5.41) is 4.08. The van der Waals surface area contributed by atoms with Crippen LogP contribution >= 0.6 is 0 Å². The molecule has 0 bridgehead atoms. The number of hydrogen-bond donors (Lipinski definition) is 2. The lowest BCUT2D eigenvalue weighted by Crippen LogP contribution is -2.38. The van der Waals surface area contributed by atoms with Crippen LogP contribution in [-0.2, 0) is 4.74 Å². The summed E-state index contributed by atoms with van der Waals surface area (Å²) in [6.45, 7) is 2.83. The van der Waals surface area contributed by atoms with E-state index in [1.54, 1.807) is 24.3 Å². The molecule has 0 aromatic heterocycles. The molecule has 0 saturated carbocycles. The summed E-state index contributed by atoms with van der Waals surface area (Å²) < 4.78 is 5.25. The smallest absolute Gasteiger partial charge is 0.407 e. The van der Waals surface area contributed by atoms with E-state index < -0.39 is 0 Å². The second-order valence-corrected chi connectivity index (χ2v) is 7.93. The molecule has 0 radical (unpaired) electrons. The summed E-state index contributed by atoms with van der Waals surface area (Å²) in [5.41, 5.74) is 2.16. The molecule has 8 heteroatoms. The molecule has 3 N–H and O–H groups in total. The Hall–Kier alpha value is -3.10. The van der Waals surface area contributed by atoms with Gasteiger partial charge in [0, 0.05) is 30.9 Å². The van der Waals surface area contributed by atoms with Gasteiger partial charge in [-0.2, -0.15) is 0 Å². The number of benzene rings is 2. The average Bonchev–Trinajstić information content (AvgIpc) is 3.24. The van der Waals surface area contributed by atoms with Crippen LogP contribution in [0.1, 0.15) is 23.2 Å². The third-order valence-electron chi connectivity index (χ3n) is 5.23. The molecule has 3 rings (SSSR count). The van der Waals surface area contributed by atoms with Gasteiger partial charge in [-0.3, -0.25) is 4.79 Å². The Balaban J connectivity index is 1.48. The van der Waals surface area contributed by atoms with Gasteiger partial charge in [-0.15, -0.1) is 0 Å². The molecule has 2 amide bonds. The highest BCUT2D eigenvalue weighted by Gasteiger charge is 2.25. The number of nitrogens with zero attached hydrogens (tertiary/aromatic N) is 3. The van der Waals surface area contributed by atoms with E-state index in [-0.39, 0.29) is 18.0 Å². The van der Waals surface area contributed by atoms with Crippen LogP contribution in [0, 0.1) is 0 Å². The zero-order chi connectivity index (χ0) is 22.2. The fourth-order valence-corrected chi connectivity index (χ4v) is 3.53. The molecule has 1 heterocycles. The number of nitrogens with one attached hydrogen (secondary N) is 1. The van der Waals surface area contributed by atoms with E-state index in [2.05, 4.69) is 15.1 Å². The third kappa shape index (κ3) is 6.44. The molecule has 0 aliphatic carbocycles. The van der Waals surface area contributed by atoms with Crippen molar-refractivity contribution in [3.05, 3.63) is 60.2 Å². The number of hydrazine groups is 1. The molecule has 1 aliphatic rings. The number of alkyl carbamates (subject to hydrolysis) is 1. The molecule has 166 valence electrons. The van der Waals surface area contributed by atoms with Crippen LogP contribution in [0.4, 0.5) is 16.2 Å². The molecule has 31 heavy (non-hydrogen) atoms. The largest absolute Gasteiger partial charge is 0.450 e. The molecular formula is C23H31N5O3. The SMILES string of the molecule is CN(C)CCCOC(=O)NC1CCN(c2ccc(C(=O)N(N)c3ccccc3)cc2)C1. The first-order valence-electron chi connectivity index (χ1n) is 10.5. The normalized spacial score (nSPS) is 15.7. The van der Waals surface area contributed by atoms with Gasteiger partial charge in [-0.1, -0.05) is 18.2 Å². The Morgan fingerprint density at radius 2 is 1.84 bits per heavy atom. The van der Waals surface area contributed by atoms with Crippen LogP contribution in [0.5, 0.6) is 0 Å². The summed E-state index contributed by atoms with van der Waals surface area (Å²) in [4.78, 5) is 28.8. The maximum atomic E-state index is 12.6. The fourth-order valence-electron chi connectivity index (χ4n) is 3.53. The molecule has 1 aliphatic heterocycles. The second-order valence-electron chi connectivity index (χ2n) is 7.93. The highest BCUT2D eigenvalue weighted by atomic mass is 16.5. The Bertz CT molecular complexity index is 857. The van der Waals surface area contributed by atoms with Crippen molar-refractivity contribution < 1.29 is 14.3 Å². The van der Waals surface area contributed by atoms with Gasteiger partial charge in [0.1, 0.15) is 0 Å². The number of rotatable bonds is 8. The number of nitrogens with two attached hydrogens (primary N) is 1. The highest BCUT2D eigenvalue weighted by Crippen LogP contribution is 2.22. The van der Waals surface area contributed by atoms with Gasteiger partial charge in [-0.25, -0.2) is 15.6 Å².